The molecule has 0 aromatic heterocycles. The summed E-state index contributed by atoms with van der Waals surface area (Å²) in [5.41, 5.74) is 0. The van der Waals surface area contributed by atoms with Crippen molar-refractivity contribution in [2.75, 3.05) is 13.2 Å². The van der Waals surface area contributed by atoms with Gasteiger partial charge >= 0.3 is 185 Å². The van der Waals surface area contributed by atoms with E-state index in [4.69, 9.17) is 14.2 Å². The molecule has 0 radical (unpaired) electrons. The van der Waals surface area contributed by atoms with E-state index < -0.39 is 44.9 Å². The molecule has 1 N–H and O–H groups in total. The predicted molar refractivity (Wildman–Crippen MR) is 101 cm³/mol. The van der Waals surface area contributed by atoms with Gasteiger partial charge in [-0.05, 0) is 0 Å². The molecular weight excluding hydrogens is 399 g/mol. The average Bonchev–Trinajstić information content (AvgIpc) is 2.63. The van der Waals surface area contributed by atoms with Crippen LogP contribution in [0.5, 0.6) is 0 Å². The van der Waals surface area contributed by atoms with Crippen LogP contribution >= 0.6 is 0 Å². The van der Waals surface area contributed by atoms with Crippen LogP contribution in [-0.4, -0.2) is 77.1 Å². The van der Waals surface area contributed by atoms with E-state index in [9.17, 15) is 22.6 Å². The summed E-state index contributed by atoms with van der Waals surface area (Å²) in [5, 5.41) is 0. The molecule has 0 spiro atoms. The van der Waals surface area contributed by atoms with Gasteiger partial charge in [-0.1, -0.05) is 0 Å². The first-order valence-corrected chi connectivity index (χ1v) is 12.7. The van der Waals surface area contributed by atoms with E-state index in [1.807, 2.05) is 0 Å². The van der Waals surface area contributed by atoms with Gasteiger partial charge in [-0.3, -0.25) is 0 Å². The predicted octanol–water partition coefficient (Wildman–Crippen LogP) is 2.03. The fourth-order valence-corrected chi connectivity index (χ4v) is 5.80. The van der Waals surface area contributed by atoms with Crippen molar-refractivity contribution in [2.45, 2.75) is 73.0 Å². The summed E-state index contributed by atoms with van der Waals surface area (Å²) < 4.78 is 51.0. The minimum absolute atomic E-state index is 0.224. The van der Waals surface area contributed by atoms with Crippen LogP contribution in [0.3, 0.4) is 0 Å². The van der Waals surface area contributed by atoms with Gasteiger partial charge in [0.15, 0.2) is 0 Å². The Balaban J connectivity index is 2.22. The number of carbonyl (C=O) groups is 2. The summed E-state index contributed by atoms with van der Waals surface area (Å²) in [4.78, 5) is 22.9. The monoisotopic (exact) mass is 428 g/mol. The number of rotatable bonds is 7. The van der Waals surface area contributed by atoms with Crippen molar-refractivity contribution >= 4 is 50.0 Å². The first-order chi connectivity index (χ1) is 13.1. The second-order valence-corrected chi connectivity index (χ2v) is 11.2. The number of carbonyl (C=O) groups excluding carboxylic acids is 2. The molecule has 0 heterocycles. The summed E-state index contributed by atoms with van der Waals surface area (Å²) >= 11 is 0.964. The summed E-state index contributed by atoms with van der Waals surface area (Å²) in [6, 6.07) is 0. The van der Waals surface area contributed by atoms with Gasteiger partial charge in [0.1, 0.15) is 0 Å². The summed E-state index contributed by atoms with van der Waals surface area (Å²) in [6.07, 6.45) is 1.98. The van der Waals surface area contributed by atoms with Crippen molar-refractivity contribution in [3.63, 3.8) is 0 Å². The summed E-state index contributed by atoms with van der Waals surface area (Å²) in [7, 11) is -4.45. The molecule has 0 bridgehead atoms. The molecule has 2 atom stereocenters. The van der Waals surface area contributed by atoms with Crippen LogP contribution in [0.1, 0.15) is 58.8 Å². The molecule has 8 nitrogen and oxygen atoms in total. The summed E-state index contributed by atoms with van der Waals surface area (Å²) in [6.45, 7) is 3.86. The van der Waals surface area contributed by atoms with Crippen molar-refractivity contribution in [1.82, 2.24) is 0 Å². The van der Waals surface area contributed by atoms with Gasteiger partial charge in [0.05, 0.1) is 0 Å². The zero-order valence-corrected chi connectivity index (χ0v) is 19.7. The molecule has 2 rings (SSSR count). The molecule has 28 heavy (non-hydrogen) atoms. The standard InChI is InChI=1S/C18H29O8S.Na/c1-3-24-16(19)13-10-14(17(20)25-4-2)12-15(11-13)26-18(27(21,22)23)8-6-5-7-9-18;/h5,13-15H,3-4,6-12H2,1-2H3,(H,21,22,23);. The van der Waals surface area contributed by atoms with Crippen LogP contribution in [0.2, 0.25) is 3.17 Å². The Bertz CT molecular complexity index is 630. The molecule has 2 unspecified atom stereocenters. The molecular formula is C18H29NaO8S. The van der Waals surface area contributed by atoms with Gasteiger partial charge in [0.2, 0.25) is 0 Å². The van der Waals surface area contributed by atoms with E-state index in [1.54, 1.807) is 13.8 Å². The number of ether oxygens (including phenoxy) is 3. The Labute approximate surface area is 184 Å². The van der Waals surface area contributed by atoms with Crippen LogP contribution in [0.25, 0.3) is 0 Å². The third-order valence-corrected chi connectivity index (χ3v) is 8.39. The fraction of sp³-hybridized carbons (Fsp3) is 0.889. The molecule has 2 aliphatic carbocycles. The zero-order valence-electron chi connectivity index (χ0n) is 16.9. The van der Waals surface area contributed by atoms with E-state index in [2.05, 4.69) is 0 Å². The van der Waals surface area contributed by atoms with E-state index in [0.29, 0.717) is 22.4 Å². The van der Waals surface area contributed by atoms with Gasteiger partial charge in [-0.2, -0.15) is 0 Å². The summed E-state index contributed by atoms with van der Waals surface area (Å²) in [5.74, 6) is -1.98. The van der Waals surface area contributed by atoms with Gasteiger partial charge in [0, 0.05) is 0 Å². The molecule has 0 aliphatic heterocycles. The van der Waals surface area contributed by atoms with Gasteiger partial charge in [-0.25, -0.2) is 0 Å². The van der Waals surface area contributed by atoms with Crippen molar-refractivity contribution in [1.29, 1.82) is 0 Å². The van der Waals surface area contributed by atoms with Crippen LogP contribution in [-0.2, 0) is 33.9 Å². The third-order valence-electron chi connectivity index (χ3n) is 5.79. The Kier molecular flexibility index (Phi) is 8.79. The van der Waals surface area contributed by atoms with Crippen LogP contribution < -0.4 is 0 Å². The fourth-order valence-electron chi connectivity index (χ4n) is 4.21. The van der Waals surface area contributed by atoms with E-state index >= 15 is 0 Å². The Morgan fingerprint density at radius 2 is 1.46 bits per heavy atom. The molecule has 2 aliphatic rings. The third kappa shape index (κ3) is 5.92. The minimum atomic E-state index is -4.45. The molecule has 2 saturated carbocycles. The van der Waals surface area contributed by atoms with Gasteiger partial charge in [-0.15, -0.1) is 0 Å². The van der Waals surface area contributed by atoms with Gasteiger partial charge in [0.25, 0.3) is 0 Å². The second kappa shape index (κ2) is 10.2. The average molecular weight is 428 g/mol. The molecule has 0 aromatic rings. The van der Waals surface area contributed by atoms with E-state index in [0.717, 1.165) is 27.9 Å². The maximum atomic E-state index is 12.3. The molecule has 156 valence electrons. The van der Waals surface area contributed by atoms with Crippen LogP contribution in [0.4, 0.5) is 0 Å². The Morgan fingerprint density at radius 3 is 1.86 bits per heavy atom. The first-order valence-electron chi connectivity index (χ1n) is 10.1. The molecule has 0 amide bonds. The Morgan fingerprint density at radius 1 is 1.00 bits per heavy atom. The van der Waals surface area contributed by atoms with E-state index in [1.165, 1.54) is 0 Å². The quantitative estimate of drug-likeness (QED) is 0.372. The van der Waals surface area contributed by atoms with Gasteiger partial charge < -0.3 is 0 Å². The zero-order chi connectivity index (χ0) is 20.9. The molecule has 2 fully saturated rings. The molecule has 0 saturated heterocycles. The van der Waals surface area contributed by atoms with Crippen LogP contribution in [0, 0.1) is 11.8 Å². The molecule has 10 heteroatoms. The normalized spacial score (nSPS) is 33.9. The van der Waals surface area contributed by atoms with Crippen LogP contribution in [0.15, 0.2) is 0 Å². The topological polar surface area (TPSA) is 116 Å². The number of esters is 2. The second-order valence-electron chi connectivity index (χ2n) is 7.91. The number of hydrogen-bond acceptors (Lipinski definition) is 7. The molecule has 0 aromatic carbocycles. The first kappa shape index (κ1) is 24.1. The van der Waals surface area contributed by atoms with Crippen molar-refractivity contribution < 1.29 is 36.8 Å². The SMILES string of the molecule is CCOC(=O)C1CC(OC2(S(=O)(=O)O)CC[CH]([Na])CC2)CC(C(=O)OCC)C1. The Hall–Kier alpha value is -0.190. The van der Waals surface area contributed by atoms with Crippen molar-refractivity contribution in [3.8, 4) is 0 Å². The van der Waals surface area contributed by atoms with Crippen molar-refractivity contribution in [2.24, 2.45) is 11.8 Å². The van der Waals surface area contributed by atoms with Crippen molar-refractivity contribution in [3.05, 3.63) is 0 Å². The number of hydrogen-bond donors (Lipinski definition) is 1. The maximum absolute atomic E-state index is 12.3. The van der Waals surface area contributed by atoms with E-state index in [-0.39, 0.29) is 38.9 Å².